The van der Waals surface area contributed by atoms with Gasteiger partial charge in [-0.15, -0.1) is 11.6 Å². The molecule has 2 aromatic rings. The number of carbonyl (C=O) groups is 7. The van der Waals surface area contributed by atoms with E-state index in [0.29, 0.717) is 49.9 Å². The fourth-order valence-corrected chi connectivity index (χ4v) is 11.2. The number of fused-ring (bicyclic) bond motifs is 5. The Kier molecular flexibility index (Phi) is 19.1. The Balaban J connectivity index is 0.000000272. The summed E-state index contributed by atoms with van der Waals surface area (Å²) in [6.45, 7) is 11.0. The Morgan fingerprint density at radius 3 is 2.19 bits per heavy atom. The number of aliphatic hydroxyl groups is 2. The second kappa shape index (κ2) is 23.6. The smallest absolute Gasteiger partial charge is 0.328 e. The number of phenolic OH excluding ortho intramolecular Hbond substituents is 1. The van der Waals surface area contributed by atoms with Gasteiger partial charge in [0.05, 0.1) is 29.9 Å². The zero-order valence-corrected chi connectivity index (χ0v) is 40.8. The Morgan fingerprint density at radius 2 is 1.61 bits per heavy atom. The molecule has 0 bridgehead atoms. The fraction of sp³-hybridized carbons (Fsp3) is 0.510. The molecule has 69 heavy (non-hydrogen) atoms. The lowest BCUT2D eigenvalue weighted by Gasteiger charge is -2.64. The summed E-state index contributed by atoms with van der Waals surface area (Å²) < 4.78 is 16.4. The second-order valence-electron chi connectivity index (χ2n) is 18.3. The molecule has 0 heterocycles. The molecule has 7 N–H and O–H groups in total. The van der Waals surface area contributed by atoms with Crippen molar-refractivity contribution < 1.29 is 73.3 Å². The van der Waals surface area contributed by atoms with Gasteiger partial charge in [0.1, 0.15) is 11.5 Å². The molecule has 0 aliphatic heterocycles. The largest absolute Gasteiger partial charge is 0.506 e. The molecule has 0 radical (unpaired) electrons. The van der Waals surface area contributed by atoms with Crippen LogP contribution in [-0.4, -0.2) is 110 Å². The number of phenols is 1. The maximum Gasteiger partial charge on any atom is 0.328 e. The molecule has 1 amide bonds. The van der Waals surface area contributed by atoms with Crippen LogP contribution in [0.1, 0.15) is 97.3 Å². The Labute approximate surface area is 406 Å². The van der Waals surface area contributed by atoms with Crippen LogP contribution in [-0.2, 0) is 49.5 Å². The number of amides is 1. The molecular formula is C51H65ClN2O15. The van der Waals surface area contributed by atoms with Gasteiger partial charge in [0.25, 0.3) is 0 Å². The zero-order chi connectivity index (χ0) is 51.5. The predicted octanol–water partition coefficient (Wildman–Crippen LogP) is 6.02. The van der Waals surface area contributed by atoms with Crippen molar-refractivity contribution in [2.24, 2.45) is 28.6 Å². The van der Waals surface area contributed by atoms with Crippen molar-refractivity contribution >= 4 is 59.1 Å². The SMILES string of the molecule is CCC(=O)OCC(=O)[C@@]1(OC(=O)CC)[C@@H](C)C[C@H]2[C@@H]3CCC4=CC(=O)C=C[C@]4(C)[C@@]3(Cl)[C@@H](O)C[C@@]21C.COc1ccc(C[C@@H](C)NC[C@H](O)c2ccc(O)c(NC=O)c2)cc1.O=C(O)/C=C/C(=O)O. The zero-order valence-electron chi connectivity index (χ0n) is 40.0. The summed E-state index contributed by atoms with van der Waals surface area (Å²) in [6.07, 6.45) is 7.86. The van der Waals surface area contributed by atoms with Crippen LogP contribution in [0.15, 0.2) is 78.4 Å². The van der Waals surface area contributed by atoms with Gasteiger partial charge in [-0.1, -0.05) is 64.5 Å². The molecule has 4 aliphatic rings. The van der Waals surface area contributed by atoms with Gasteiger partial charge in [0, 0.05) is 54.3 Å². The summed E-state index contributed by atoms with van der Waals surface area (Å²) in [5, 5.41) is 53.0. The van der Waals surface area contributed by atoms with E-state index in [1.807, 2.05) is 58.0 Å². The number of methoxy groups -OCH3 is 1. The number of esters is 2. The number of rotatable bonds is 17. The first-order chi connectivity index (χ1) is 32.5. The number of halogens is 1. The van der Waals surface area contributed by atoms with Crippen molar-refractivity contribution in [2.75, 3.05) is 25.6 Å². The van der Waals surface area contributed by atoms with Gasteiger partial charge < -0.3 is 50.4 Å². The van der Waals surface area contributed by atoms with E-state index >= 15 is 0 Å². The number of aliphatic hydroxyl groups excluding tert-OH is 2. The van der Waals surface area contributed by atoms with Crippen molar-refractivity contribution in [2.45, 2.75) is 115 Å². The third-order valence-corrected chi connectivity index (χ3v) is 15.1. The summed E-state index contributed by atoms with van der Waals surface area (Å²) in [7, 11) is 1.64. The Bertz CT molecular complexity index is 2300. The highest BCUT2D eigenvalue weighted by atomic mass is 35.5. The van der Waals surface area contributed by atoms with Crippen molar-refractivity contribution in [1.82, 2.24) is 5.32 Å². The van der Waals surface area contributed by atoms with Crippen LogP contribution in [0.2, 0.25) is 0 Å². The molecule has 0 spiro atoms. The number of allylic oxidation sites excluding steroid dienone is 4. The highest BCUT2D eigenvalue weighted by molar-refractivity contribution is 6.26. The van der Waals surface area contributed by atoms with Crippen LogP contribution in [0, 0.1) is 28.6 Å². The first-order valence-electron chi connectivity index (χ1n) is 22.9. The molecule has 10 atom stereocenters. The number of anilines is 1. The second-order valence-corrected chi connectivity index (χ2v) is 19.0. The maximum atomic E-state index is 13.9. The quantitative estimate of drug-likeness (QED) is 0.0314. The van der Waals surface area contributed by atoms with Crippen LogP contribution in [0.5, 0.6) is 11.5 Å². The van der Waals surface area contributed by atoms with Crippen LogP contribution < -0.4 is 15.4 Å². The van der Waals surface area contributed by atoms with E-state index in [-0.39, 0.29) is 60.3 Å². The van der Waals surface area contributed by atoms with Gasteiger partial charge in [-0.2, -0.15) is 0 Å². The molecule has 18 heteroatoms. The maximum absolute atomic E-state index is 13.9. The van der Waals surface area contributed by atoms with Gasteiger partial charge in [-0.25, -0.2) is 9.59 Å². The molecule has 4 aliphatic carbocycles. The van der Waals surface area contributed by atoms with Crippen molar-refractivity contribution in [3.63, 3.8) is 0 Å². The van der Waals surface area contributed by atoms with Crippen molar-refractivity contribution in [3.05, 3.63) is 89.5 Å². The number of hydrogen-bond donors (Lipinski definition) is 7. The van der Waals surface area contributed by atoms with Gasteiger partial charge in [-0.3, -0.25) is 24.0 Å². The first-order valence-corrected chi connectivity index (χ1v) is 23.3. The lowest BCUT2D eigenvalue weighted by molar-refractivity contribution is -0.203. The summed E-state index contributed by atoms with van der Waals surface area (Å²) >= 11 is 7.48. The third kappa shape index (κ3) is 12.1. The van der Waals surface area contributed by atoms with E-state index in [1.165, 1.54) is 17.7 Å². The molecule has 17 nitrogen and oxygen atoms in total. The van der Waals surface area contributed by atoms with Gasteiger partial charge in [0.2, 0.25) is 12.2 Å². The Morgan fingerprint density at radius 1 is 0.971 bits per heavy atom. The molecule has 3 saturated carbocycles. The van der Waals surface area contributed by atoms with Crippen LogP contribution in [0.3, 0.4) is 0 Å². The van der Waals surface area contributed by atoms with Crippen molar-refractivity contribution in [1.29, 1.82) is 0 Å². The summed E-state index contributed by atoms with van der Waals surface area (Å²) in [5.74, 6) is -3.96. The molecule has 0 saturated heterocycles. The molecule has 6 rings (SSSR count). The normalized spacial score (nSPS) is 28.3. The average Bonchev–Trinajstić information content (AvgIpc) is 3.53. The Hall–Kier alpha value is -5.88. The number of hydrogen-bond acceptors (Lipinski definition) is 14. The minimum absolute atomic E-state index is 0.0381. The predicted molar refractivity (Wildman–Crippen MR) is 254 cm³/mol. The first kappa shape index (κ1) is 55.7. The van der Waals surface area contributed by atoms with Crippen LogP contribution >= 0.6 is 11.6 Å². The number of ketones is 2. The summed E-state index contributed by atoms with van der Waals surface area (Å²) in [6, 6.07) is 12.7. The number of alkyl halides is 1. The molecule has 2 aromatic carbocycles. The van der Waals surface area contributed by atoms with E-state index in [2.05, 4.69) is 10.6 Å². The number of aromatic hydroxyl groups is 1. The number of nitrogens with one attached hydrogen (secondary N) is 2. The van der Waals surface area contributed by atoms with E-state index in [9.17, 15) is 48.9 Å². The lowest BCUT2D eigenvalue weighted by atomic mass is 9.45. The minimum atomic E-state index is -1.55. The molecule has 376 valence electrons. The standard InChI is InChI=1S/C28H37ClO7.C19H24N2O4.C4H4O4/c1-6-23(33)35-15-22(32)28(36-24(34)7-2)16(3)12-20-19-9-8-17-13-18(30)10-11-25(17,4)27(19,29)21(31)14-26(20,28)5;1-13(9-14-3-6-16(25-2)7-4-14)20-11-19(24)15-5-8-18(23)17(10-15)21-12-22;5-3(6)1-2-4(7)8/h10-11,13,16,19-21,31H,6-9,12,14-15H2,1-5H3;3-8,10,12-13,19-20,23-24H,9,11H2,1-2H3,(H,21,22);1-2H,(H,5,6)(H,7,8)/b;;2-1+/t16-,19-,20-,21-,25-,26-,27-,28-;13-,19+;/m01./s1. The number of ether oxygens (including phenoxy) is 3. The van der Waals surface area contributed by atoms with E-state index < -0.39 is 69.8 Å². The van der Waals surface area contributed by atoms with Crippen LogP contribution in [0.4, 0.5) is 5.69 Å². The van der Waals surface area contributed by atoms with E-state index in [0.717, 1.165) is 17.7 Å². The number of aliphatic carboxylic acids is 2. The van der Waals surface area contributed by atoms with Crippen LogP contribution in [0.25, 0.3) is 0 Å². The fourth-order valence-electron chi connectivity index (χ4n) is 10.7. The average molecular weight is 982 g/mol. The number of carbonyl (C=O) groups excluding carboxylic acids is 5. The van der Waals surface area contributed by atoms with Gasteiger partial charge >= 0.3 is 23.9 Å². The number of carboxylic acid groups (broad SMARTS) is 2. The van der Waals surface area contributed by atoms with Gasteiger partial charge in [0.15, 0.2) is 18.0 Å². The molecule has 3 fully saturated rings. The monoisotopic (exact) mass is 980 g/mol. The molecule has 0 aromatic heterocycles. The summed E-state index contributed by atoms with van der Waals surface area (Å²) in [4.78, 5) is 79.1. The molecule has 0 unspecified atom stereocenters. The summed E-state index contributed by atoms with van der Waals surface area (Å²) in [5.41, 5.74) is -0.196. The minimum Gasteiger partial charge on any atom is -0.506 e. The van der Waals surface area contributed by atoms with E-state index in [4.69, 9.17) is 36.0 Å². The lowest BCUT2D eigenvalue weighted by Crippen LogP contribution is -2.69. The molecular weight excluding hydrogens is 916 g/mol. The number of carboxylic acids is 2. The highest BCUT2D eigenvalue weighted by Crippen LogP contribution is 2.72. The topological polar surface area (TPSA) is 272 Å². The number of Topliss-reactive ketones (excluding diaryl/α,β-unsaturated/α-hetero) is 1. The third-order valence-electron chi connectivity index (χ3n) is 14.2. The van der Waals surface area contributed by atoms with Crippen molar-refractivity contribution in [3.8, 4) is 11.5 Å². The van der Waals surface area contributed by atoms with E-state index in [1.54, 1.807) is 39.2 Å². The number of benzene rings is 2. The van der Waals surface area contributed by atoms with Gasteiger partial charge in [-0.05, 0) is 98.4 Å². The highest BCUT2D eigenvalue weighted by Gasteiger charge is 2.76.